The molecule has 5 heterocycles. The second-order valence-corrected chi connectivity index (χ2v) is 12.5. The van der Waals surface area contributed by atoms with Gasteiger partial charge in [-0.05, 0) is 36.1 Å². The summed E-state index contributed by atoms with van der Waals surface area (Å²) >= 11 is 6.83. The lowest BCUT2D eigenvalue weighted by molar-refractivity contribution is -0.128. The van der Waals surface area contributed by atoms with Gasteiger partial charge in [0.15, 0.2) is 5.65 Å². The molecule has 2 aliphatic rings. The van der Waals surface area contributed by atoms with Crippen LogP contribution in [-0.2, 0) is 9.59 Å². The van der Waals surface area contributed by atoms with Crippen molar-refractivity contribution in [3.63, 3.8) is 0 Å². The van der Waals surface area contributed by atoms with Crippen molar-refractivity contribution in [1.29, 1.82) is 0 Å². The fourth-order valence-corrected chi connectivity index (χ4v) is 6.63. The highest BCUT2D eigenvalue weighted by Gasteiger charge is 2.44. The first-order valence-electron chi connectivity index (χ1n) is 14.9. The van der Waals surface area contributed by atoms with E-state index in [0.29, 0.717) is 28.1 Å². The summed E-state index contributed by atoms with van der Waals surface area (Å²) in [5.41, 5.74) is 1.37. The van der Waals surface area contributed by atoms with Crippen LogP contribution in [0.15, 0.2) is 48.0 Å². The fraction of sp³-hybridized carbons (Fsp3) is 0.333. The van der Waals surface area contributed by atoms with Gasteiger partial charge in [0.2, 0.25) is 5.91 Å². The number of halogens is 2. The van der Waals surface area contributed by atoms with Crippen LogP contribution in [0.2, 0.25) is 5.02 Å². The number of phenolic OH excluding ortho intramolecular Hbond substituents is 1. The van der Waals surface area contributed by atoms with Crippen LogP contribution in [0.3, 0.4) is 0 Å². The molecule has 46 heavy (non-hydrogen) atoms. The van der Waals surface area contributed by atoms with Gasteiger partial charge in [0.25, 0.3) is 11.5 Å². The molecule has 2 amide bonds. The number of nitrogens with zero attached hydrogens (tertiary/aromatic N) is 7. The van der Waals surface area contributed by atoms with Gasteiger partial charge in [-0.2, -0.15) is 0 Å². The van der Waals surface area contributed by atoms with E-state index in [9.17, 15) is 19.5 Å². The van der Waals surface area contributed by atoms with Gasteiger partial charge in [0, 0.05) is 25.5 Å². The molecule has 0 saturated carbocycles. The highest BCUT2D eigenvalue weighted by atomic mass is 35.5. The lowest BCUT2D eigenvalue weighted by atomic mass is 9.99. The fourth-order valence-electron chi connectivity index (χ4n) is 6.38. The number of carbonyl (C=O) groups excluding carboxylic acids is 2. The Morgan fingerprint density at radius 1 is 1.09 bits per heavy atom. The Bertz CT molecular complexity index is 1960. The van der Waals surface area contributed by atoms with Crippen molar-refractivity contribution in [2.24, 2.45) is 0 Å². The van der Waals surface area contributed by atoms with E-state index in [1.54, 1.807) is 11.0 Å². The summed E-state index contributed by atoms with van der Waals surface area (Å²) in [4.78, 5) is 59.9. The highest BCUT2D eigenvalue weighted by Crippen LogP contribution is 2.44. The highest BCUT2D eigenvalue weighted by molar-refractivity contribution is 6.34. The molecule has 1 atom stereocenters. The molecule has 0 unspecified atom stereocenters. The molecular weight excluding hydrogens is 613 g/mol. The van der Waals surface area contributed by atoms with E-state index in [2.05, 4.69) is 16.5 Å². The SMILES string of the molecule is C=CC(=O)N1CCN2c3c(c(=O)n(-c4c(C(C)C)ncnc4C(C)C)c4nc(-c5c(O)cccc5F)c(Cl)cc34)N(C)C(=O)[C@H]2C1. The number of hydrogen-bond donors (Lipinski definition) is 1. The van der Waals surface area contributed by atoms with Crippen molar-refractivity contribution in [2.45, 2.75) is 45.6 Å². The minimum atomic E-state index is -0.792. The Morgan fingerprint density at radius 3 is 2.37 bits per heavy atom. The molecule has 1 fully saturated rings. The molecule has 4 aromatic rings. The number of hydrogen-bond acceptors (Lipinski definition) is 8. The topological polar surface area (TPSA) is 125 Å². The van der Waals surface area contributed by atoms with Gasteiger partial charge < -0.3 is 19.8 Å². The largest absolute Gasteiger partial charge is 0.507 e. The van der Waals surface area contributed by atoms with Crippen molar-refractivity contribution in [3.05, 3.63) is 75.8 Å². The lowest BCUT2D eigenvalue weighted by Gasteiger charge is -2.47. The molecule has 2 aliphatic heterocycles. The zero-order chi connectivity index (χ0) is 33.2. The number of carbonyl (C=O) groups is 2. The second kappa shape index (κ2) is 11.5. The van der Waals surface area contributed by atoms with Crippen LogP contribution in [0.4, 0.5) is 15.8 Å². The van der Waals surface area contributed by atoms with E-state index in [4.69, 9.17) is 16.6 Å². The maximum atomic E-state index is 15.2. The van der Waals surface area contributed by atoms with Crippen LogP contribution < -0.4 is 15.4 Å². The number of aromatic hydroxyl groups is 1. The summed E-state index contributed by atoms with van der Waals surface area (Å²) in [7, 11) is 1.53. The van der Waals surface area contributed by atoms with Crippen molar-refractivity contribution in [1.82, 2.24) is 24.4 Å². The first kappa shape index (κ1) is 31.2. The number of fused-ring (bicyclic) bond motifs is 5. The van der Waals surface area contributed by atoms with Gasteiger partial charge >= 0.3 is 0 Å². The van der Waals surface area contributed by atoms with Gasteiger partial charge in [-0.3, -0.25) is 19.0 Å². The van der Waals surface area contributed by atoms with Gasteiger partial charge in [-0.25, -0.2) is 19.3 Å². The van der Waals surface area contributed by atoms with E-state index < -0.39 is 17.4 Å². The zero-order valence-corrected chi connectivity index (χ0v) is 26.8. The number of benzene rings is 1. The van der Waals surface area contributed by atoms with Crippen molar-refractivity contribution in [2.75, 3.05) is 36.5 Å². The summed E-state index contributed by atoms with van der Waals surface area (Å²) < 4.78 is 16.6. The van der Waals surface area contributed by atoms with Crippen LogP contribution in [0.5, 0.6) is 5.75 Å². The summed E-state index contributed by atoms with van der Waals surface area (Å²) in [6, 6.07) is 4.67. The van der Waals surface area contributed by atoms with Gasteiger partial charge in [-0.1, -0.05) is 51.9 Å². The molecule has 11 nitrogen and oxygen atoms in total. The Labute approximate surface area is 269 Å². The van der Waals surface area contributed by atoms with Gasteiger partial charge in [0.1, 0.15) is 29.6 Å². The summed E-state index contributed by atoms with van der Waals surface area (Å²) in [5.74, 6) is -2.07. The quantitative estimate of drug-likeness (QED) is 0.308. The van der Waals surface area contributed by atoms with Crippen LogP contribution in [-0.4, -0.2) is 74.1 Å². The Kier molecular flexibility index (Phi) is 7.79. The number of piperazine rings is 1. The van der Waals surface area contributed by atoms with Crippen molar-refractivity contribution >= 4 is 45.8 Å². The molecule has 0 bridgehead atoms. The standard InChI is InChI=1S/C33H33ClFN7O4/c1-7-23(44)40-11-12-41-21(14-40)32(45)39(6)30-28(41)18-13-19(34)27(24-20(35)9-8-10-22(24)43)38-31(18)42(33(30)46)29-25(16(2)3)36-15-37-26(29)17(4)5/h7-10,13,15-17,21,43H,1,11-12,14H2,2-6H3/t21-/m1/s1. The lowest BCUT2D eigenvalue weighted by Crippen LogP contribution is -2.63. The maximum absolute atomic E-state index is 15.2. The molecule has 238 valence electrons. The van der Waals surface area contributed by atoms with E-state index in [0.717, 1.165) is 0 Å². The van der Waals surface area contributed by atoms with Crippen LogP contribution in [0, 0.1) is 5.82 Å². The summed E-state index contributed by atoms with van der Waals surface area (Å²) in [6.07, 6.45) is 2.66. The number of aromatic nitrogens is 4. The summed E-state index contributed by atoms with van der Waals surface area (Å²) in [6.45, 7) is 12.0. The Hall–Kier alpha value is -4.84. The third-order valence-corrected chi connectivity index (χ3v) is 8.87. The maximum Gasteiger partial charge on any atom is 0.283 e. The Morgan fingerprint density at radius 2 is 1.76 bits per heavy atom. The molecular formula is C33H33ClFN7O4. The van der Waals surface area contributed by atoms with E-state index >= 15 is 4.39 Å². The van der Waals surface area contributed by atoms with E-state index in [1.165, 1.54) is 47.1 Å². The first-order chi connectivity index (χ1) is 21.9. The molecule has 0 radical (unpaired) electrons. The molecule has 1 N–H and O–H groups in total. The minimum Gasteiger partial charge on any atom is -0.507 e. The second-order valence-electron chi connectivity index (χ2n) is 12.1. The Balaban J connectivity index is 1.77. The predicted molar refractivity (Wildman–Crippen MR) is 174 cm³/mol. The average molecular weight is 646 g/mol. The average Bonchev–Trinajstić information content (AvgIpc) is 3.02. The summed E-state index contributed by atoms with van der Waals surface area (Å²) in [5, 5.41) is 11.1. The zero-order valence-electron chi connectivity index (χ0n) is 26.1. The van der Waals surface area contributed by atoms with E-state index in [1.807, 2.05) is 32.6 Å². The normalized spacial score (nSPS) is 16.3. The third-order valence-electron chi connectivity index (χ3n) is 8.58. The number of likely N-dealkylation sites (N-methyl/N-ethyl adjacent to an activating group) is 1. The van der Waals surface area contributed by atoms with Gasteiger partial charge in [0.05, 0.1) is 45.6 Å². The number of amides is 2. The number of phenols is 1. The molecule has 6 rings (SSSR count). The molecule has 13 heteroatoms. The molecule has 1 aromatic carbocycles. The van der Waals surface area contributed by atoms with E-state index in [-0.39, 0.29) is 76.6 Å². The smallest absolute Gasteiger partial charge is 0.283 e. The van der Waals surface area contributed by atoms with Crippen molar-refractivity contribution in [3.8, 4) is 22.7 Å². The van der Waals surface area contributed by atoms with Crippen LogP contribution >= 0.6 is 11.6 Å². The van der Waals surface area contributed by atoms with Crippen LogP contribution in [0.25, 0.3) is 28.0 Å². The number of anilines is 2. The monoisotopic (exact) mass is 645 g/mol. The molecule has 1 saturated heterocycles. The number of rotatable bonds is 5. The van der Waals surface area contributed by atoms with Gasteiger partial charge in [-0.15, -0.1) is 0 Å². The third kappa shape index (κ3) is 4.70. The molecule has 3 aromatic heterocycles. The first-order valence-corrected chi connectivity index (χ1v) is 15.3. The van der Waals surface area contributed by atoms with Crippen molar-refractivity contribution < 1.29 is 19.1 Å². The molecule has 0 aliphatic carbocycles. The van der Waals surface area contributed by atoms with Crippen LogP contribution in [0.1, 0.15) is 50.9 Å². The minimum absolute atomic E-state index is 0.0225. The number of pyridine rings is 2. The predicted octanol–water partition coefficient (Wildman–Crippen LogP) is 4.77. The molecule has 0 spiro atoms.